The molecular weight excluding hydrogens is 240 g/mol. The van der Waals surface area contributed by atoms with Crippen molar-refractivity contribution in [1.82, 2.24) is 4.90 Å². The number of nitrogens with zero attached hydrogens (tertiary/aromatic N) is 2. The van der Waals surface area contributed by atoms with Gasteiger partial charge in [0.15, 0.2) is 0 Å². The van der Waals surface area contributed by atoms with Crippen molar-refractivity contribution in [3.8, 4) is 11.8 Å². The smallest absolute Gasteiger partial charge is 0.242 e. The van der Waals surface area contributed by atoms with Crippen molar-refractivity contribution < 1.29 is 9.53 Å². The number of methoxy groups -OCH3 is 1. The normalized spacial score (nSPS) is 15.4. The molecule has 0 aromatic heterocycles. The maximum atomic E-state index is 12.1. The van der Waals surface area contributed by atoms with E-state index in [9.17, 15) is 4.79 Å². The lowest BCUT2D eigenvalue weighted by atomic mass is 10.1. The molecule has 4 heteroatoms. The number of carbonyl (C=O) groups is 1. The molecule has 0 unspecified atom stereocenters. The van der Waals surface area contributed by atoms with E-state index in [1.54, 1.807) is 19.1 Å². The highest BCUT2D eigenvalue weighted by Crippen LogP contribution is 2.46. The van der Waals surface area contributed by atoms with Crippen LogP contribution in [-0.4, -0.2) is 31.5 Å². The first-order chi connectivity index (χ1) is 9.13. The molecule has 0 heterocycles. The lowest BCUT2D eigenvalue weighted by molar-refractivity contribution is -0.133. The summed E-state index contributed by atoms with van der Waals surface area (Å²) in [6, 6.07) is 9.92. The molecule has 19 heavy (non-hydrogen) atoms. The number of benzene rings is 1. The number of likely N-dealkylation sites (N-methyl/N-ethyl adjacent to an activating group) is 1. The van der Waals surface area contributed by atoms with Crippen molar-refractivity contribution in [1.29, 1.82) is 5.26 Å². The van der Waals surface area contributed by atoms with Crippen molar-refractivity contribution in [3.63, 3.8) is 0 Å². The Morgan fingerprint density at radius 1 is 1.47 bits per heavy atom. The molecule has 0 spiro atoms. The zero-order valence-electron chi connectivity index (χ0n) is 11.3. The van der Waals surface area contributed by atoms with Gasteiger partial charge in [-0.3, -0.25) is 4.79 Å². The molecule has 100 valence electrons. The van der Waals surface area contributed by atoms with E-state index < -0.39 is 5.41 Å². The number of hydrogen-bond donors (Lipinski definition) is 0. The lowest BCUT2D eigenvalue weighted by Crippen LogP contribution is -2.35. The van der Waals surface area contributed by atoms with Crippen LogP contribution in [0.2, 0.25) is 0 Å². The Morgan fingerprint density at radius 3 is 2.74 bits per heavy atom. The Labute approximate surface area is 113 Å². The highest BCUT2D eigenvalue weighted by molar-refractivity contribution is 5.88. The Bertz CT molecular complexity index is 515. The summed E-state index contributed by atoms with van der Waals surface area (Å²) in [5.74, 6) is 0.787. The van der Waals surface area contributed by atoms with E-state index in [-0.39, 0.29) is 5.91 Å². The maximum absolute atomic E-state index is 12.1. The second-order valence-electron chi connectivity index (χ2n) is 4.98. The minimum atomic E-state index is -0.727. The van der Waals surface area contributed by atoms with Crippen LogP contribution in [-0.2, 0) is 11.2 Å². The topological polar surface area (TPSA) is 53.3 Å². The molecule has 0 saturated heterocycles. The zero-order valence-corrected chi connectivity index (χ0v) is 11.3. The van der Waals surface area contributed by atoms with Crippen LogP contribution in [0.4, 0.5) is 0 Å². The summed E-state index contributed by atoms with van der Waals surface area (Å²) in [6.07, 6.45) is 2.12. The molecule has 1 aromatic rings. The zero-order chi connectivity index (χ0) is 13.9. The van der Waals surface area contributed by atoms with Gasteiger partial charge in [-0.05, 0) is 30.9 Å². The van der Waals surface area contributed by atoms with Crippen LogP contribution in [0.3, 0.4) is 0 Å². The number of nitriles is 1. The average molecular weight is 258 g/mol. The van der Waals surface area contributed by atoms with Gasteiger partial charge >= 0.3 is 0 Å². The predicted molar refractivity (Wildman–Crippen MR) is 71.6 cm³/mol. The number of hydrogen-bond acceptors (Lipinski definition) is 3. The number of carbonyl (C=O) groups excluding carboxylic acids is 1. The van der Waals surface area contributed by atoms with E-state index in [0.29, 0.717) is 19.4 Å². The van der Waals surface area contributed by atoms with Crippen LogP contribution in [0.15, 0.2) is 24.3 Å². The van der Waals surface area contributed by atoms with Crippen LogP contribution < -0.4 is 4.74 Å². The molecule has 1 saturated carbocycles. The fraction of sp³-hybridized carbons (Fsp3) is 0.467. The monoisotopic (exact) mass is 258 g/mol. The largest absolute Gasteiger partial charge is 0.496 e. The van der Waals surface area contributed by atoms with Gasteiger partial charge < -0.3 is 9.64 Å². The van der Waals surface area contributed by atoms with Gasteiger partial charge in [-0.15, -0.1) is 0 Å². The molecule has 0 aliphatic heterocycles. The minimum absolute atomic E-state index is 0.0510. The minimum Gasteiger partial charge on any atom is -0.496 e. The number of amides is 1. The highest BCUT2D eigenvalue weighted by Gasteiger charge is 2.51. The van der Waals surface area contributed by atoms with Crippen molar-refractivity contribution in [2.24, 2.45) is 5.41 Å². The Hall–Kier alpha value is -2.02. The first-order valence-electron chi connectivity index (χ1n) is 6.42. The molecule has 1 amide bonds. The van der Waals surface area contributed by atoms with Gasteiger partial charge in [-0.25, -0.2) is 0 Å². The molecule has 1 aliphatic carbocycles. The summed E-state index contributed by atoms with van der Waals surface area (Å²) in [5.41, 5.74) is 0.349. The third-order valence-electron chi connectivity index (χ3n) is 3.63. The van der Waals surface area contributed by atoms with Crippen LogP contribution in [0.25, 0.3) is 0 Å². The quantitative estimate of drug-likeness (QED) is 0.811. The standard InChI is InChI=1S/C15H18N2O2/c1-17(14(18)15(11-16)8-9-15)10-7-12-5-3-4-6-13(12)19-2/h3-6H,7-10H2,1-2H3. The number of ether oxygens (including phenoxy) is 1. The molecule has 4 nitrogen and oxygen atoms in total. The van der Waals surface area contributed by atoms with E-state index in [2.05, 4.69) is 6.07 Å². The molecular formula is C15H18N2O2. The lowest BCUT2D eigenvalue weighted by Gasteiger charge is -2.20. The van der Waals surface area contributed by atoms with Gasteiger partial charge in [0.1, 0.15) is 11.2 Å². The summed E-state index contributed by atoms with van der Waals surface area (Å²) in [4.78, 5) is 13.8. The summed E-state index contributed by atoms with van der Waals surface area (Å²) >= 11 is 0. The van der Waals surface area contributed by atoms with Crippen LogP contribution in [0, 0.1) is 16.7 Å². The van der Waals surface area contributed by atoms with Gasteiger partial charge in [-0.2, -0.15) is 5.26 Å². The van der Waals surface area contributed by atoms with E-state index in [4.69, 9.17) is 10.00 Å². The van der Waals surface area contributed by atoms with E-state index >= 15 is 0 Å². The van der Waals surface area contributed by atoms with Gasteiger partial charge in [0.2, 0.25) is 5.91 Å². The molecule has 0 atom stereocenters. The maximum Gasteiger partial charge on any atom is 0.242 e. The molecule has 2 rings (SSSR count). The van der Waals surface area contributed by atoms with E-state index in [1.165, 1.54) is 0 Å². The molecule has 1 fully saturated rings. The van der Waals surface area contributed by atoms with Crippen molar-refractivity contribution in [2.75, 3.05) is 20.7 Å². The molecule has 0 N–H and O–H groups in total. The van der Waals surface area contributed by atoms with Crippen molar-refractivity contribution >= 4 is 5.91 Å². The van der Waals surface area contributed by atoms with E-state index in [1.807, 2.05) is 24.3 Å². The van der Waals surface area contributed by atoms with Crippen molar-refractivity contribution in [2.45, 2.75) is 19.3 Å². The predicted octanol–water partition coefficient (Wildman–Crippen LogP) is 2.00. The Balaban J connectivity index is 1.95. The third kappa shape index (κ3) is 2.70. The van der Waals surface area contributed by atoms with Gasteiger partial charge in [0.05, 0.1) is 13.2 Å². The van der Waals surface area contributed by atoms with Gasteiger partial charge in [0.25, 0.3) is 0 Å². The first kappa shape index (κ1) is 13.4. The summed E-state index contributed by atoms with van der Waals surface area (Å²) < 4.78 is 5.28. The Morgan fingerprint density at radius 2 is 2.16 bits per heavy atom. The molecule has 0 bridgehead atoms. The average Bonchev–Trinajstić information content (AvgIpc) is 3.25. The van der Waals surface area contributed by atoms with Crippen molar-refractivity contribution in [3.05, 3.63) is 29.8 Å². The fourth-order valence-corrected chi connectivity index (χ4v) is 2.16. The first-order valence-corrected chi connectivity index (χ1v) is 6.42. The van der Waals surface area contributed by atoms with Crippen LogP contribution >= 0.6 is 0 Å². The fourth-order valence-electron chi connectivity index (χ4n) is 2.16. The number of rotatable bonds is 5. The molecule has 1 aromatic carbocycles. The number of para-hydroxylation sites is 1. The van der Waals surface area contributed by atoms with Crippen LogP contribution in [0.5, 0.6) is 5.75 Å². The van der Waals surface area contributed by atoms with Gasteiger partial charge in [-0.1, -0.05) is 18.2 Å². The van der Waals surface area contributed by atoms with E-state index in [0.717, 1.165) is 17.7 Å². The summed E-state index contributed by atoms with van der Waals surface area (Å²) in [5, 5.41) is 9.03. The second kappa shape index (κ2) is 5.31. The second-order valence-corrected chi connectivity index (χ2v) is 4.98. The van der Waals surface area contributed by atoms with Gasteiger partial charge in [0, 0.05) is 13.6 Å². The Kier molecular flexibility index (Phi) is 3.75. The summed E-state index contributed by atoms with van der Waals surface area (Å²) in [6.45, 7) is 0.600. The molecule has 0 radical (unpaired) electrons. The third-order valence-corrected chi connectivity index (χ3v) is 3.63. The summed E-state index contributed by atoms with van der Waals surface area (Å²) in [7, 11) is 3.40. The SMILES string of the molecule is COc1ccccc1CCN(C)C(=O)C1(C#N)CC1. The van der Waals surface area contributed by atoms with Crippen LogP contribution in [0.1, 0.15) is 18.4 Å². The highest BCUT2D eigenvalue weighted by atomic mass is 16.5. The molecule has 1 aliphatic rings.